The SMILES string of the molecule is COc1ccccc1[C@@H](CNC(=S)Nc1ccc(C(C)=O)cc1)[NH+](C)C. The van der Waals surface area contributed by atoms with E-state index in [1.807, 2.05) is 30.3 Å². The molecular formula is C20H26N3O2S+. The van der Waals surface area contributed by atoms with Crippen molar-refractivity contribution in [1.29, 1.82) is 0 Å². The third kappa shape index (κ3) is 5.28. The number of ketones is 1. The van der Waals surface area contributed by atoms with Gasteiger partial charge in [-0.25, -0.2) is 0 Å². The summed E-state index contributed by atoms with van der Waals surface area (Å²) < 4.78 is 5.49. The van der Waals surface area contributed by atoms with E-state index in [0.29, 0.717) is 17.2 Å². The van der Waals surface area contributed by atoms with Gasteiger partial charge in [-0.2, -0.15) is 0 Å². The number of quaternary nitrogens is 1. The van der Waals surface area contributed by atoms with Crippen molar-refractivity contribution in [1.82, 2.24) is 5.32 Å². The zero-order valence-electron chi connectivity index (χ0n) is 15.6. The minimum absolute atomic E-state index is 0.0471. The first-order valence-corrected chi connectivity index (χ1v) is 8.92. The number of ether oxygens (including phenoxy) is 1. The zero-order valence-corrected chi connectivity index (χ0v) is 16.4. The summed E-state index contributed by atoms with van der Waals surface area (Å²) in [6.45, 7) is 2.22. The molecule has 2 aromatic carbocycles. The molecule has 138 valence electrons. The normalized spacial score (nSPS) is 11.7. The lowest BCUT2D eigenvalue weighted by atomic mass is 10.0. The molecule has 1 atom stereocenters. The maximum atomic E-state index is 11.3. The van der Waals surface area contributed by atoms with Crippen LogP contribution in [0.5, 0.6) is 5.75 Å². The monoisotopic (exact) mass is 372 g/mol. The van der Waals surface area contributed by atoms with Crippen molar-refractivity contribution in [3.63, 3.8) is 0 Å². The van der Waals surface area contributed by atoms with Crippen LogP contribution in [-0.4, -0.2) is 38.6 Å². The van der Waals surface area contributed by atoms with E-state index in [0.717, 1.165) is 17.0 Å². The van der Waals surface area contributed by atoms with Crippen LogP contribution in [0.15, 0.2) is 48.5 Å². The highest BCUT2D eigenvalue weighted by Crippen LogP contribution is 2.22. The van der Waals surface area contributed by atoms with Gasteiger partial charge in [-0.05, 0) is 55.5 Å². The van der Waals surface area contributed by atoms with Crippen LogP contribution in [0.25, 0.3) is 0 Å². The Labute approximate surface area is 160 Å². The molecule has 26 heavy (non-hydrogen) atoms. The standard InChI is InChI=1S/C20H25N3O2S/c1-14(24)15-9-11-16(12-10-15)22-20(26)21-13-18(23(2)3)17-7-5-6-8-19(17)25-4/h5-12,18H,13H2,1-4H3,(H2,21,22,26)/p+1/t18-/m1/s1. The number of likely N-dealkylation sites (N-methyl/N-ethyl adjacent to an activating group) is 1. The number of benzene rings is 2. The van der Waals surface area contributed by atoms with E-state index < -0.39 is 0 Å². The van der Waals surface area contributed by atoms with Crippen molar-refractivity contribution < 1.29 is 14.4 Å². The van der Waals surface area contributed by atoms with Gasteiger partial charge in [-0.3, -0.25) is 4.79 Å². The lowest BCUT2D eigenvalue weighted by Crippen LogP contribution is -3.07. The minimum Gasteiger partial charge on any atom is -0.496 e. The number of rotatable bonds is 7. The molecule has 0 aliphatic heterocycles. The van der Waals surface area contributed by atoms with Crippen molar-refractivity contribution in [3.8, 4) is 5.75 Å². The maximum absolute atomic E-state index is 11.3. The van der Waals surface area contributed by atoms with Gasteiger partial charge in [0.2, 0.25) is 0 Å². The van der Waals surface area contributed by atoms with Gasteiger partial charge in [0.25, 0.3) is 0 Å². The van der Waals surface area contributed by atoms with Crippen LogP contribution in [0.1, 0.15) is 28.9 Å². The van der Waals surface area contributed by atoms with E-state index in [9.17, 15) is 4.79 Å². The number of thiocarbonyl (C=S) groups is 1. The molecule has 0 spiro atoms. The second-order valence-corrected chi connectivity index (χ2v) is 6.75. The van der Waals surface area contributed by atoms with Crippen molar-refractivity contribution in [2.45, 2.75) is 13.0 Å². The molecule has 2 aromatic rings. The van der Waals surface area contributed by atoms with Crippen molar-refractivity contribution in [2.75, 3.05) is 33.1 Å². The number of hydrogen-bond donors (Lipinski definition) is 3. The largest absolute Gasteiger partial charge is 0.496 e. The summed E-state index contributed by atoms with van der Waals surface area (Å²) in [6.07, 6.45) is 0. The van der Waals surface area contributed by atoms with E-state index in [1.54, 1.807) is 26.2 Å². The molecule has 6 heteroatoms. The number of para-hydroxylation sites is 1. The predicted octanol–water partition coefficient (Wildman–Crippen LogP) is 2.07. The first-order chi connectivity index (χ1) is 12.4. The van der Waals surface area contributed by atoms with Crippen LogP contribution >= 0.6 is 12.2 Å². The minimum atomic E-state index is 0.0471. The molecule has 0 amide bonds. The average Bonchev–Trinajstić information content (AvgIpc) is 2.62. The van der Waals surface area contributed by atoms with Crippen LogP contribution in [0.3, 0.4) is 0 Å². The van der Waals surface area contributed by atoms with Crippen LogP contribution in [0, 0.1) is 0 Å². The van der Waals surface area contributed by atoms with Crippen molar-refractivity contribution in [2.24, 2.45) is 0 Å². The number of anilines is 1. The first kappa shape index (κ1) is 19.9. The molecule has 0 aliphatic rings. The fourth-order valence-electron chi connectivity index (χ4n) is 2.74. The summed E-state index contributed by atoms with van der Waals surface area (Å²) in [7, 11) is 5.90. The van der Waals surface area contributed by atoms with Crippen molar-refractivity contribution >= 4 is 28.8 Å². The molecule has 5 nitrogen and oxygen atoms in total. The van der Waals surface area contributed by atoms with Crippen LogP contribution in [-0.2, 0) is 0 Å². The second-order valence-electron chi connectivity index (χ2n) is 6.34. The summed E-state index contributed by atoms with van der Waals surface area (Å²) in [5, 5.41) is 6.97. The molecular weight excluding hydrogens is 346 g/mol. The topological polar surface area (TPSA) is 54.8 Å². The van der Waals surface area contributed by atoms with Crippen LogP contribution < -0.4 is 20.3 Å². The fraction of sp³-hybridized carbons (Fsp3) is 0.300. The molecule has 0 saturated heterocycles. The summed E-state index contributed by atoms with van der Waals surface area (Å²) in [5.74, 6) is 0.921. The Morgan fingerprint density at radius 1 is 1.15 bits per heavy atom. The molecule has 0 heterocycles. The Morgan fingerprint density at radius 2 is 1.81 bits per heavy atom. The maximum Gasteiger partial charge on any atom is 0.171 e. The number of hydrogen-bond acceptors (Lipinski definition) is 3. The molecule has 0 aromatic heterocycles. The van der Waals surface area contributed by atoms with Gasteiger partial charge in [0.1, 0.15) is 11.8 Å². The predicted molar refractivity (Wildman–Crippen MR) is 109 cm³/mol. The Bertz CT molecular complexity index is 760. The summed E-state index contributed by atoms with van der Waals surface area (Å²) in [6, 6.07) is 15.5. The van der Waals surface area contributed by atoms with Crippen LogP contribution in [0.4, 0.5) is 5.69 Å². The summed E-state index contributed by atoms with van der Waals surface area (Å²) in [5.41, 5.74) is 2.66. The number of Topliss-reactive ketones (excluding diaryl/α,β-unsaturated/α-hetero) is 1. The molecule has 0 unspecified atom stereocenters. The number of carbonyl (C=O) groups excluding carboxylic acids is 1. The molecule has 0 radical (unpaired) electrons. The van der Waals surface area contributed by atoms with Gasteiger partial charge >= 0.3 is 0 Å². The second kappa shape index (κ2) is 9.31. The molecule has 0 fully saturated rings. The average molecular weight is 373 g/mol. The number of carbonyl (C=O) groups is 1. The van der Waals surface area contributed by atoms with Gasteiger partial charge in [0, 0.05) is 11.3 Å². The quantitative estimate of drug-likeness (QED) is 0.513. The van der Waals surface area contributed by atoms with Crippen molar-refractivity contribution in [3.05, 3.63) is 59.7 Å². The highest BCUT2D eigenvalue weighted by molar-refractivity contribution is 7.80. The summed E-state index contributed by atoms with van der Waals surface area (Å²) >= 11 is 5.41. The molecule has 0 aliphatic carbocycles. The van der Waals surface area contributed by atoms with Gasteiger partial charge < -0.3 is 20.3 Å². The van der Waals surface area contributed by atoms with E-state index in [-0.39, 0.29) is 11.8 Å². The van der Waals surface area contributed by atoms with E-state index >= 15 is 0 Å². The third-order valence-electron chi connectivity index (χ3n) is 4.23. The van der Waals surface area contributed by atoms with Crippen LogP contribution in [0.2, 0.25) is 0 Å². The molecule has 2 rings (SSSR count). The van der Waals surface area contributed by atoms with Gasteiger partial charge in [-0.15, -0.1) is 0 Å². The molecule has 0 bridgehead atoms. The number of methoxy groups -OCH3 is 1. The Hall–Kier alpha value is -2.44. The van der Waals surface area contributed by atoms with E-state index in [4.69, 9.17) is 17.0 Å². The lowest BCUT2D eigenvalue weighted by Gasteiger charge is -2.24. The Balaban J connectivity index is 2.00. The lowest BCUT2D eigenvalue weighted by molar-refractivity contribution is -0.890. The van der Waals surface area contributed by atoms with E-state index in [1.165, 1.54) is 4.90 Å². The highest BCUT2D eigenvalue weighted by atomic mass is 32.1. The Kier molecular flexibility index (Phi) is 7.12. The molecule has 3 N–H and O–H groups in total. The zero-order chi connectivity index (χ0) is 19.1. The van der Waals surface area contributed by atoms with Gasteiger partial charge in [0.15, 0.2) is 10.9 Å². The highest BCUT2D eigenvalue weighted by Gasteiger charge is 2.21. The Morgan fingerprint density at radius 3 is 2.38 bits per heavy atom. The third-order valence-corrected chi connectivity index (χ3v) is 4.47. The smallest absolute Gasteiger partial charge is 0.171 e. The van der Waals surface area contributed by atoms with E-state index in [2.05, 4.69) is 30.8 Å². The summed E-state index contributed by atoms with van der Waals surface area (Å²) in [4.78, 5) is 12.6. The first-order valence-electron chi connectivity index (χ1n) is 8.51. The van der Waals surface area contributed by atoms with Gasteiger partial charge in [0.05, 0.1) is 33.3 Å². The number of nitrogens with one attached hydrogen (secondary N) is 3. The fourth-order valence-corrected chi connectivity index (χ4v) is 2.94. The van der Waals surface area contributed by atoms with Gasteiger partial charge in [-0.1, -0.05) is 12.1 Å². The molecule has 0 saturated carbocycles.